The van der Waals surface area contributed by atoms with Crippen molar-refractivity contribution >= 4 is 0 Å². The number of hydrogen-bond donors (Lipinski definition) is 1. The maximum absolute atomic E-state index is 9.99. The first-order valence-corrected chi connectivity index (χ1v) is 4.44. The molecule has 0 saturated heterocycles. The lowest BCUT2D eigenvalue weighted by atomic mass is 9.75. The molecule has 68 valence electrons. The molecule has 1 aliphatic rings. The van der Waals surface area contributed by atoms with Crippen LogP contribution in [0.1, 0.15) is 33.6 Å². The molecule has 12 heavy (non-hydrogen) atoms. The van der Waals surface area contributed by atoms with E-state index < -0.39 is 5.60 Å². The molecule has 0 heterocycles. The van der Waals surface area contributed by atoms with Gasteiger partial charge in [-0.15, -0.1) is 0 Å². The fourth-order valence-corrected chi connectivity index (χ4v) is 1.40. The van der Waals surface area contributed by atoms with Crippen LogP contribution in [0.15, 0.2) is 24.3 Å². The van der Waals surface area contributed by atoms with Crippen molar-refractivity contribution in [3.05, 3.63) is 24.3 Å². The maximum Gasteiger partial charge on any atom is 0.103 e. The highest BCUT2D eigenvalue weighted by atomic mass is 16.3. The molecule has 0 spiro atoms. The smallest absolute Gasteiger partial charge is 0.103 e. The Morgan fingerprint density at radius 3 is 2.25 bits per heavy atom. The monoisotopic (exact) mass is 166 g/mol. The predicted octanol–water partition coefficient (Wildman–Crippen LogP) is 2.67. The standard InChI is InChI=1S/C11H18O/c1-9(2)11(12)7-5-10(3,4)6-8-11/h5,7,12H,1,6,8H2,2-4H3. The van der Waals surface area contributed by atoms with Crippen LogP contribution in [0.2, 0.25) is 0 Å². The van der Waals surface area contributed by atoms with E-state index in [4.69, 9.17) is 0 Å². The first-order chi connectivity index (χ1) is 5.36. The number of allylic oxidation sites excluding steroid dienone is 1. The average molecular weight is 166 g/mol. The molecule has 1 atom stereocenters. The molecular weight excluding hydrogens is 148 g/mol. The van der Waals surface area contributed by atoms with Gasteiger partial charge in [0, 0.05) is 0 Å². The molecule has 0 saturated carbocycles. The highest BCUT2D eigenvalue weighted by molar-refractivity contribution is 5.24. The third-order valence-corrected chi connectivity index (χ3v) is 2.70. The first kappa shape index (κ1) is 9.53. The molecule has 0 aromatic heterocycles. The normalized spacial score (nSPS) is 33.3. The van der Waals surface area contributed by atoms with Crippen LogP contribution in [0.4, 0.5) is 0 Å². The summed E-state index contributed by atoms with van der Waals surface area (Å²) in [6, 6.07) is 0. The third kappa shape index (κ3) is 1.78. The third-order valence-electron chi connectivity index (χ3n) is 2.70. The van der Waals surface area contributed by atoms with E-state index in [1.165, 1.54) is 0 Å². The van der Waals surface area contributed by atoms with Crippen LogP contribution in [0.25, 0.3) is 0 Å². The Kier molecular flexibility index (Phi) is 2.17. The quantitative estimate of drug-likeness (QED) is 0.594. The molecule has 1 unspecified atom stereocenters. The summed E-state index contributed by atoms with van der Waals surface area (Å²) in [4.78, 5) is 0. The van der Waals surface area contributed by atoms with Gasteiger partial charge in [0.15, 0.2) is 0 Å². The minimum absolute atomic E-state index is 0.238. The fourth-order valence-electron chi connectivity index (χ4n) is 1.40. The highest BCUT2D eigenvalue weighted by Crippen LogP contribution is 2.37. The van der Waals surface area contributed by atoms with Crippen molar-refractivity contribution in [2.24, 2.45) is 5.41 Å². The number of rotatable bonds is 1. The minimum Gasteiger partial charge on any atom is -0.381 e. The lowest BCUT2D eigenvalue weighted by molar-refractivity contribution is 0.0962. The highest BCUT2D eigenvalue weighted by Gasteiger charge is 2.32. The van der Waals surface area contributed by atoms with Gasteiger partial charge in [0.05, 0.1) is 0 Å². The summed E-state index contributed by atoms with van der Waals surface area (Å²) in [5.41, 5.74) is 0.339. The minimum atomic E-state index is -0.741. The van der Waals surface area contributed by atoms with E-state index in [2.05, 4.69) is 26.5 Å². The van der Waals surface area contributed by atoms with E-state index in [0.717, 1.165) is 18.4 Å². The molecule has 0 amide bonds. The topological polar surface area (TPSA) is 20.2 Å². The number of aliphatic hydroxyl groups is 1. The molecule has 1 N–H and O–H groups in total. The van der Waals surface area contributed by atoms with E-state index in [1.807, 2.05) is 13.0 Å². The van der Waals surface area contributed by atoms with E-state index in [0.29, 0.717) is 0 Å². The maximum atomic E-state index is 9.99. The van der Waals surface area contributed by atoms with Crippen LogP contribution in [0.3, 0.4) is 0 Å². The van der Waals surface area contributed by atoms with Gasteiger partial charge < -0.3 is 5.11 Å². The molecule has 0 fully saturated rings. The molecule has 0 bridgehead atoms. The zero-order valence-corrected chi connectivity index (χ0v) is 8.22. The molecule has 0 radical (unpaired) electrons. The second-order valence-electron chi connectivity index (χ2n) is 4.53. The molecular formula is C11H18O. The van der Waals surface area contributed by atoms with Crippen LogP contribution in [0, 0.1) is 5.41 Å². The van der Waals surface area contributed by atoms with Gasteiger partial charge in [0.1, 0.15) is 5.60 Å². The summed E-state index contributed by atoms with van der Waals surface area (Å²) in [5.74, 6) is 0. The second-order valence-corrected chi connectivity index (χ2v) is 4.53. The van der Waals surface area contributed by atoms with Gasteiger partial charge in [-0.1, -0.05) is 32.6 Å². The SMILES string of the molecule is C=C(C)C1(O)C=CC(C)(C)CC1. The summed E-state index contributed by atoms with van der Waals surface area (Å²) in [6.45, 7) is 10.0. The zero-order chi connectivity index (χ0) is 9.41. The second kappa shape index (κ2) is 2.74. The van der Waals surface area contributed by atoms with Crippen LogP contribution < -0.4 is 0 Å². The van der Waals surface area contributed by atoms with Crippen molar-refractivity contribution in [3.63, 3.8) is 0 Å². The van der Waals surface area contributed by atoms with Crippen molar-refractivity contribution in [1.29, 1.82) is 0 Å². The molecule has 1 heteroatoms. The largest absolute Gasteiger partial charge is 0.381 e. The fraction of sp³-hybridized carbons (Fsp3) is 0.636. The van der Waals surface area contributed by atoms with E-state index in [1.54, 1.807) is 0 Å². The van der Waals surface area contributed by atoms with Crippen LogP contribution >= 0.6 is 0 Å². The summed E-state index contributed by atoms with van der Waals surface area (Å²) in [7, 11) is 0. The number of hydrogen-bond acceptors (Lipinski definition) is 1. The predicted molar refractivity (Wildman–Crippen MR) is 51.9 cm³/mol. The van der Waals surface area contributed by atoms with Crippen molar-refractivity contribution in [2.45, 2.75) is 39.2 Å². The van der Waals surface area contributed by atoms with E-state index in [9.17, 15) is 5.11 Å². The zero-order valence-electron chi connectivity index (χ0n) is 8.22. The summed E-state index contributed by atoms with van der Waals surface area (Å²) >= 11 is 0. The molecule has 1 aliphatic carbocycles. The Balaban J connectivity index is 2.84. The van der Waals surface area contributed by atoms with Crippen molar-refractivity contribution in [2.75, 3.05) is 0 Å². The summed E-state index contributed by atoms with van der Waals surface area (Å²) in [5, 5.41) is 9.99. The van der Waals surface area contributed by atoms with Crippen LogP contribution in [-0.4, -0.2) is 10.7 Å². The Bertz CT molecular complexity index is 225. The molecule has 0 aromatic carbocycles. The summed E-state index contributed by atoms with van der Waals surface area (Å²) in [6.07, 6.45) is 5.79. The Morgan fingerprint density at radius 1 is 1.33 bits per heavy atom. The van der Waals surface area contributed by atoms with Crippen molar-refractivity contribution in [3.8, 4) is 0 Å². The lowest BCUT2D eigenvalue weighted by Gasteiger charge is -2.35. The first-order valence-electron chi connectivity index (χ1n) is 4.44. The van der Waals surface area contributed by atoms with E-state index in [-0.39, 0.29) is 5.41 Å². The van der Waals surface area contributed by atoms with E-state index >= 15 is 0 Å². The van der Waals surface area contributed by atoms with Crippen LogP contribution in [0.5, 0.6) is 0 Å². The van der Waals surface area contributed by atoms with Gasteiger partial charge in [-0.05, 0) is 30.8 Å². The van der Waals surface area contributed by atoms with Gasteiger partial charge in [-0.3, -0.25) is 0 Å². The molecule has 0 aliphatic heterocycles. The van der Waals surface area contributed by atoms with Crippen molar-refractivity contribution in [1.82, 2.24) is 0 Å². The van der Waals surface area contributed by atoms with Gasteiger partial charge in [-0.2, -0.15) is 0 Å². The summed E-state index contributed by atoms with van der Waals surface area (Å²) < 4.78 is 0. The van der Waals surface area contributed by atoms with Crippen molar-refractivity contribution < 1.29 is 5.11 Å². The van der Waals surface area contributed by atoms with Gasteiger partial charge in [-0.25, -0.2) is 0 Å². The van der Waals surface area contributed by atoms with Gasteiger partial charge >= 0.3 is 0 Å². The molecule has 0 aromatic rings. The van der Waals surface area contributed by atoms with Crippen LogP contribution in [-0.2, 0) is 0 Å². The Labute approximate surface area is 74.8 Å². The Hall–Kier alpha value is -0.560. The Morgan fingerprint density at radius 2 is 1.92 bits per heavy atom. The van der Waals surface area contributed by atoms with Gasteiger partial charge in [0.25, 0.3) is 0 Å². The molecule has 1 rings (SSSR count). The average Bonchev–Trinajstić information content (AvgIpc) is 1.96. The molecule has 1 nitrogen and oxygen atoms in total. The lowest BCUT2D eigenvalue weighted by Crippen LogP contribution is -2.32. The van der Waals surface area contributed by atoms with Gasteiger partial charge in [0.2, 0.25) is 0 Å².